The number of hydrogen-bond donors (Lipinski definition) is 0. The van der Waals surface area contributed by atoms with Gasteiger partial charge in [-0.2, -0.15) is 0 Å². The van der Waals surface area contributed by atoms with Crippen molar-refractivity contribution in [1.82, 2.24) is 0 Å². The van der Waals surface area contributed by atoms with Gasteiger partial charge < -0.3 is 4.42 Å². The first-order chi connectivity index (χ1) is 9.15. The Labute approximate surface area is 111 Å². The van der Waals surface area contributed by atoms with Gasteiger partial charge in [0.05, 0.1) is 0 Å². The zero-order valence-electron chi connectivity index (χ0n) is 10.9. The van der Waals surface area contributed by atoms with Crippen LogP contribution in [0.5, 0.6) is 0 Å². The van der Waals surface area contributed by atoms with Gasteiger partial charge in [0.1, 0.15) is 11.3 Å². The minimum Gasteiger partial charge on any atom is -0.456 e. The van der Waals surface area contributed by atoms with Crippen molar-refractivity contribution in [3.63, 3.8) is 0 Å². The number of aryl methyl sites for hydroxylation is 1. The number of Topliss-reactive ketones (excluding diaryl/α,β-unsaturated/α-hetero) is 1. The van der Waals surface area contributed by atoms with E-state index in [4.69, 9.17) is 4.42 Å². The fourth-order valence-electron chi connectivity index (χ4n) is 2.22. The van der Waals surface area contributed by atoms with Gasteiger partial charge in [-0.25, -0.2) is 0 Å². The Morgan fingerprint density at radius 1 is 1.05 bits per heavy atom. The normalized spacial score (nSPS) is 10.8. The number of hydrogen-bond acceptors (Lipinski definition) is 2. The summed E-state index contributed by atoms with van der Waals surface area (Å²) >= 11 is 0. The molecule has 0 fully saturated rings. The van der Waals surface area contributed by atoms with Crippen LogP contribution in [0.25, 0.3) is 22.3 Å². The van der Waals surface area contributed by atoms with Gasteiger partial charge in [0.25, 0.3) is 0 Å². The van der Waals surface area contributed by atoms with Gasteiger partial charge in [-0.3, -0.25) is 4.79 Å². The van der Waals surface area contributed by atoms with Crippen LogP contribution < -0.4 is 0 Å². The Balaban J connectivity index is 2.09. The number of para-hydroxylation sites is 1. The van der Waals surface area contributed by atoms with Crippen molar-refractivity contribution in [2.45, 2.75) is 13.8 Å². The number of rotatable bonds is 2. The van der Waals surface area contributed by atoms with Crippen molar-refractivity contribution in [1.29, 1.82) is 0 Å². The van der Waals surface area contributed by atoms with Gasteiger partial charge in [0, 0.05) is 16.5 Å². The molecular formula is C17H14O2. The summed E-state index contributed by atoms with van der Waals surface area (Å²) in [5.41, 5.74) is 3.76. The van der Waals surface area contributed by atoms with Crippen molar-refractivity contribution >= 4 is 16.8 Å². The van der Waals surface area contributed by atoms with E-state index in [1.54, 1.807) is 6.92 Å². The fraction of sp³-hybridized carbons (Fsp3) is 0.118. The van der Waals surface area contributed by atoms with Crippen LogP contribution in [-0.4, -0.2) is 5.78 Å². The smallest absolute Gasteiger partial charge is 0.159 e. The molecule has 0 atom stereocenters. The molecule has 3 aromatic rings. The third-order valence-electron chi connectivity index (χ3n) is 3.32. The van der Waals surface area contributed by atoms with E-state index in [1.165, 1.54) is 0 Å². The number of fused-ring (bicyclic) bond motifs is 1. The first-order valence-electron chi connectivity index (χ1n) is 6.26. The van der Waals surface area contributed by atoms with Crippen LogP contribution in [0.3, 0.4) is 0 Å². The third kappa shape index (κ3) is 2.06. The second-order valence-electron chi connectivity index (χ2n) is 4.74. The summed E-state index contributed by atoms with van der Waals surface area (Å²) in [7, 11) is 0. The first-order valence-corrected chi connectivity index (χ1v) is 6.26. The molecule has 3 rings (SSSR count). The van der Waals surface area contributed by atoms with Crippen LogP contribution in [-0.2, 0) is 0 Å². The first kappa shape index (κ1) is 11.7. The van der Waals surface area contributed by atoms with E-state index in [0.29, 0.717) is 0 Å². The summed E-state index contributed by atoms with van der Waals surface area (Å²) in [6.07, 6.45) is 0. The highest BCUT2D eigenvalue weighted by Crippen LogP contribution is 2.29. The molecule has 0 N–H and O–H groups in total. The molecule has 2 aromatic carbocycles. The lowest BCUT2D eigenvalue weighted by atomic mass is 10.1. The van der Waals surface area contributed by atoms with E-state index in [9.17, 15) is 4.79 Å². The quantitative estimate of drug-likeness (QED) is 0.622. The Bertz CT molecular complexity index is 749. The van der Waals surface area contributed by atoms with E-state index >= 15 is 0 Å². The molecule has 0 amide bonds. The molecule has 2 heteroatoms. The predicted molar refractivity (Wildman–Crippen MR) is 76.4 cm³/mol. The minimum atomic E-state index is 0.0759. The van der Waals surface area contributed by atoms with E-state index in [1.807, 2.05) is 55.5 Å². The van der Waals surface area contributed by atoms with Gasteiger partial charge in [-0.1, -0.05) is 42.5 Å². The summed E-state index contributed by atoms with van der Waals surface area (Å²) in [5, 5.41) is 1.10. The molecule has 0 spiro atoms. The summed E-state index contributed by atoms with van der Waals surface area (Å²) < 4.78 is 5.90. The van der Waals surface area contributed by atoms with Gasteiger partial charge in [0.2, 0.25) is 0 Å². The largest absolute Gasteiger partial charge is 0.456 e. The maximum atomic E-state index is 11.3. The number of carbonyl (C=O) groups is 1. The molecule has 0 radical (unpaired) electrons. The lowest BCUT2D eigenvalue weighted by Crippen LogP contribution is -1.90. The molecule has 0 saturated carbocycles. The second kappa shape index (κ2) is 4.39. The Morgan fingerprint density at radius 3 is 2.42 bits per heavy atom. The number of benzene rings is 2. The number of carbonyl (C=O) groups excluding carboxylic acids is 1. The van der Waals surface area contributed by atoms with Crippen LogP contribution in [0.15, 0.2) is 52.9 Å². The van der Waals surface area contributed by atoms with Crippen molar-refractivity contribution in [2.75, 3.05) is 0 Å². The molecule has 0 saturated heterocycles. The molecule has 0 aliphatic rings. The SMILES string of the molecule is CC(=O)c1ccc(-c2cc3cccc(C)c3o2)cc1. The lowest BCUT2D eigenvalue weighted by Gasteiger charge is -1.98. The molecule has 0 bridgehead atoms. The number of furan rings is 1. The van der Waals surface area contributed by atoms with E-state index in [2.05, 4.69) is 0 Å². The molecule has 1 aromatic heterocycles. The Kier molecular flexibility index (Phi) is 2.71. The van der Waals surface area contributed by atoms with E-state index in [-0.39, 0.29) is 5.78 Å². The van der Waals surface area contributed by atoms with E-state index in [0.717, 1.165) is 33.4 Å². The standard InChI is InChI=1S/C17H14O2/c1-11-4-3-5-15-10-16(19-17(11)15)14-8-6-13(7-9-14)12(2)18/h3-10H,1-2H3. The molecule has 0 unspecified atom stereocenters. The van der Waals surface area contributed by atoms with Crippen molar-refractivity contribution in [3.05, 3.63) is 59.7 Å². The third-order valence-corrected chi connectivity index (χ3v) is 3.32. The van der Waals surface area contributed by atoms with Gasteiger partial charge in [-0.15, -0.1) is 0 Å². The zero-order valence-corrected chi connectivity index (χ0v) is 10.9. The summed E-state index contributed by atoms with van der Waals surface area (Å²) in [4.78, 5) is 11.3. The summed E-state index contributed by atoms with van der Waals surface area (Å²) in [5.74, 6) is 0.909. The highest BCUT2D eigenvalue weighted by molar-refractivity contribution is 5.94. The topological polar surface area (TPSA) is 30.2 Å². The maximum absolute atomic E-state index is 11.3. The van der Waals surface area contributed by atoms with Gasteiger partial charge in [-0.05, 0) is 25.5 Å². The predicted octanol–water partition coefficient (Wildman–Crippen LogP) is 4.61. The van der Waals surface area contributed by atoms with Crippen molar-refractivity contribution in [3.8, 4) is 11.3 Å². The summed E-state index contributed by atoms with van der Waals surface area (Å²) in [6.45, 7) is 3.61. The Morgan fingerprint density at radius 2 is 1.79 bits per heavy atom. The maximum Gasteiger partial charge on any atom is 0.159 e. The molecule has 1 heterocycles. The second-order valence-corrected chi connectivity index (χ2v) is 4.74. The van der Waals surface area contributed by atoms with E-state index < -0.39 is 0 Å². The average Bonchev–Trinajstić information content (AvgIpc) is 2.84. The molecular weight excluding hydrogens is 236 g/mol. The Hall–Kier alpha value is -2.35. The summed E-state index contributed by atoms with van der Waals surface area (Å²) in [6, 6.07) is 15.6. The highest BCUT2D eigenvalue weighted by atomic mass is 16.3. The molecule has 0 aliphatic heterocycles. The number of ketones is 1. The molecule has 0 aliphatic carbocycles. The van der Waals surface area contributed by atoms with Crippen LogP contribution in [0.2, 0.25) is 0 Å². The highest BCUT2D eigenvalue weighted by Gasteiger charge is 2.08. The molecule has 94 valence electrons. The minimum absolute atomic E-state index is 0.0759. The van der Waals surface area contributed by atoms with Gasteiger partial charge >= 0.3 is 0 Å². The van der Waals surface area contributed by atoms with Crippen molar-refractivity contribution in [2.24, 2.45) is 0 Å². The monoisotopic (exact) mass is 250 g/mol. The lowest BCUT2D eigenvalue weighted by molar-refractivity contribution is 0.101. The average molecular weight is 250 g/mol. The van der Waals surface area contributed by atoms with Crippen LogP contribution >= 0.6 is 0 Å². The van der Waals surface area contributed by atoms with Crippen LogP contribution in [0, 0.1) is 6.92 Å². The van der Waals surface area contributed by atoms with Gasteiger partial charge in [0.15, 0.2) is 5.78 Å². The molecule has 19 heavy (non-hydrogen) atoms. The molecule has 2 nitrogen and oxygen atoms in total. The van der Waals surface area contributed by atoms with Crippen LogP contribution in [0.4, 0.5) is 0 Å². The fourth-order valence-corrected chi connectivity index (χ4v) is 2.22. The van der Waals surface area contributed by atoms with Crippen LogP contribution in [0.1, 0.15) is 22.8 Å². The van der Waals surface area contributed by atoms with Crippen molar-refractivity contribution < 1.29 is 9.21 Å². The zero-order chi connectivity index (χ0) is 13.4.